The Balaban J connectivity index is 1.28. The quantitative estimate of drug-likeness (QED) is 0.116. The first kappa shape index (κ1) is 27.6. The van der Waals surface area contributed by atoms with Crippen molar-refractivity contribution in [1.82, 2.24) is 0 Å². The molecule has 5 nitrogen and oxygen atoms in total. The first-order chi connectivity index (χ1) is 16.7. The van der Waals surface area contributed by atoms with Gasteiger partial charge in [-0.1, -0.05) is 69.4 Å². The summed E-state index contributed by atoms with van der Waals surface area (Å²) >= 11 is 0. The predicted molar refractivity (Wildman–Crippen MR) is 136 cm³/mol. The topological polar surface area (TPSA) is 52.8 Å². The van der Waals surface area contributed by atoms with Gasteiger partial charge in [0.2, 0.25) is 0 Å². The van der Waals surface area contributed by atoms with Gasteiger partial charge in [-0.3, -0.25) is 0 Å². The Kier molecular flexibility index (Phi) is 12.9. The number of hydrogen-bond donors (Lipinski definition) is 0. The zero-order chi connectivity index (χ0) is 24.0. The molecular formula is C29H48O5. The van der Waals surface area contributed by atoms with Gasteiger partial charge in [0, 0.05) is 13.2 Å². The molecule has 0 amide bonds. The normalized spacial score (nSPS) is 25.3. The van der Waals surface area contributed by atoms with Crippen LogP contribution in [0.2, 0.25) is 0 Å². The van der Waals surface area contributed by atoms with Crippen molar-refractivity contribution < 1.29 is 23.7 Å². The number of hydrogen-bond acceptors (Lipinski definition) is 5. The van der Waals surface area contributed by atoms with E-state index in [4.69, 9.17) is 23.7 Å². The van der Waals surface area contributed by atoms with E-state index in [1.807, 2.05) is 13.8 Å². The van der Waals surface area contributed by atoms with Crippen molar-refractivity contribution in [2.24, 2.45) is 0 Å². The van der Waals surface area contributed by atoms with Crippen molar-refractivity contribution in [2.75, 3.05) is 19.8 Å². The van der Waals surface area contributed by atoms with Gasteiger partial charge >= 0.3 is 0 Å². The van der Waals surface area contributed by atoms with Gasteiger partial charge < -0.3 is 23.7 Å². The fourth-order valence-corrected chi connectivity index (χ4v) is 4.71. The number of benzene rings is 1. The van der Waals surface area contributed by atoms with Crippen molar-refractivity contribution in [3.8, 4) is 0 Å². The highest BCUT2D eigenvalue weighted by molar-refractivity contribution is 5.15. The fourth-order valence-electron chi connectivity index (χ4n) is 4.71. The van der Waals surface area contributed by atoms with E-state index in [0.29, 0.717) is 31.5 Å². The van der Waals surface area contributed by atoms with E-state index in [1.165, 1.54) is 44.1 Å². The smallest absolute Gasteiger partial charge is 0.154 e. The zero-order valence-corrected chi connectivity index (χ0v) is 21.8. The van der Waals surface area contributed by atoms with Crippen molar-refractivity contribution in [3.05, 3.63) is 35.9 Å². The lowest BCUT2D eigenvalue weighted by atomic mass is 10.0. The van der Waals surface area contributed by atoms with Gasteiger partial charge in [-0.25, -0.2) is 0 Å². The maximum atomic E-state index is 6.35. The summed E-state index contributed by atoms with van der Waals surface area (Å²) in [5.41, 5.74) is 1.36. The molecule has 6 atom stereocenters. The summed E-state index contributed by atoms with van der Waals surface area (Å²) in [5, 5.41) is 0. The SMILES string of the molecule is CCCCCCCCOC(CC[C@H]1O[C@@H]1CC[C@H]1O[C@@H]1COC(C)OCC)Cc1ccccc1. The maximum absolute atomic E-state index is 6.35. The van der Waals surface area contributed by atoms with E-state index in [9.17, 15) is 0 Å². The minimum atomic E-state index is -0.155. The van der Waals surface area contributed by atoms with Crippen LogP contribution in [-0.2, 0) is 30.1 Å². The molecule has 34 heavy (non-hydrogen) atoms. The summed E-state index contributed by atoms with van der Waals surface area (Å²) in [5.74, 6) is 0. The highest BCUT2D eigenvalue weighted by Crippen LogP contribution is 2.35. The second kappa shape index (κ2) is 15.9. The Morgan fingerprint density at radius 3 is 2.21 bits per heavy atom. The highest BCUT2D eigenvalue weighted by Gasteiger charge is 2.43. The molecule has 3 rings (SSSR count). The monoisotopic (exact) mass is 476 g/mol. The van der Waals surface area contributed by atoms with Gasteiger partial charge in [0.1, 0.15) is 6.10 Å². The molecule has 2 saturated heterocycles. The van der Waals surface area contributed by atoms with Crippen molar-refractivity contribution in [3.63, 3.8) is 0 Å². The lowest BCUT2D eigenvalue weighted by molar-refractivity contribution is -0.129. The molecule has 0 saturated carbocycles. The molecule has 5 heteroatoms. The van der Waals surface area contributed by atoms with E-state index in [2.05, 4.69) is 37.3 Å². The van der Waals surface area contributed by atoms with Crippen LogP contribution in [0.3, 0.4) is 0 Å². The van der Waals surface area contributed by atoms with Crippen LogP contribution in [0.5, 0.6) is 0 Å². The Hall–Kier alpha value is -0.980. The number of rotatable bonds is 21. The minimum Gasteiger partial charge on any atom is -0.378 e. The molecule has 0 spiro atoms. The van der Waals surface area contributed by atoms with E-state index in [-0.39, 0.29) is 18.5 Å². The maximum Gasteiger partial charge on any atom is 0.154 e. The van der Waals surface area contributed by atoms with Crippen LogP contribution in [-0.4, -0.2) is 56.6 Å². The zero-order valence-electron chi connectivity index (χ0n) is 21.8. The lowest BCUT2D eigenvalue weighted by Gasteiger charge is -2.18. The van der Waals surface area contributed by atoms with Crippen LogP contribution >= 0.6 is 0 Å². The summed E-state index contributed by atoms with van der Waals surface area (Å²) < 4.78 is 29.2. The summed E-state index contributed by atoms with van der Waals surface area (Å²) in [7, 11) is 0. The molecule has 0 N–H and O–H groups in total. The number of epoxide rings is 2. The van der Waals surface area contributed by atoms with Gasteiger partial charge in [-0.15, -0.1) is 0 Å². The molecule has 2 aliphatic heterocycles. The van der Waals surface area contributed by atoms with E-state index >= 15 is 0 Å². The van der Waals surface area contributed by atoms with Gasteiger partial charge in [0.05, 0.1) is 31.0 Å². The van der Waals surface area contributed by atoms with Crippen LogP contribution in [0.1, 0.15) is 90.5 Å². The molecule has 1 aromatic carbocycles. The third kappa shape index (κ3) is 11.2. The summed E-state index contributed by atoms with van der Waals surface area (Å²) in [4.78, 5) is 0. The van der Waals surface area contributed by atoms with Crippen molar-refractivity contribution in [2.45, 2.75) is 128 Å². The average Bonchev–Trinajstić information content (AvgIpc) is 3.76. The van der Waals surface area contributed by atoms with E-state index in [0.717, 1.165) is 38.7 Å². The number of unbranched alkanes of at least 4 members (excludes halogenated alkanes) is 5. The molecule has 0 aromatic heterocycles. The van der Waals surface area contributed by atoms with Crippen LogP contribution in [0, 0.1) is 0 Å². The van der Waals surface area contributed by atoms with Gasteiger partial charge in [0.15, 0.2) is 6.29 Å². The molecule has 194 valence electrons. The molecule has 2 heterocycles. The van der Waals surface area contributed by atoms with Crippen LogP contribution < -0.4 is 0 Å². The third-order valence-corrected chi connectivity index (χ3v) is 6.94. The van der Waals surface area contributed by atoms with Gasteiger partial charge in [-0.05, 0) is 57.9 Å². The standard InChI is InChI=1S/C29H48O5/c1-4-6-7-8-9-13-20-31-25(21-24-14-11-10-12-15-24)16-17-26-27(33-26)18-19-28-29(34-28)22-32-23(3)30-5-2/h10-12,14-15,23,25-29H,4-9,13,16-22H2,1-3H3/t23?,25?,26-,27-,28-,29-/m1/s1. The van der Waals surface area contributed by atoms with E-state index in [1.54, 1.807) is 0 Å². The Labute approximate surface area is 207 Å². The molecular weight excluding hydrogens is 428 g/mol. The molecule has 0 radical (unpaired) electrons. The third-order valence-electron chi connectivity index (χ3n) is 6.94. The molecule has 2 aliphatic rings. The van der Waals surface area contributed by atoms with Crippen LogP contribution in [0.15, 0.2) is 30.3 Å². The Morgan fingerprint density at radius 2 is 1.44 bits per heavy atom. The fraction of sp³-hybridized carbons (Fsp3) is 0.793. The molecule has 2 fully saturated rings. The minimum absolute atomic E-state index is 0.155. The van der Waals surface area contributed by atoms with Crippen LogP contribution in [0.4, 0.5) is 0 Å². The predicted octanol–water partition coefficient (Wildman–Crippen LogP) is 6.47. The summed E-state index contributed by atoms with van der Waals surface area (Å²) in [6.07, 6.45) is 14.5. The Morgan fingerprint density at radius 1 is 0.765 bits per heavy atom. The summed E-state index contributed by atoms with van der Waals surface area (Å²) in [6, 6.07) is 10.7. The second-order valence-electron chi connectivity index (χ2n) is 9.89. The molecule has 2 unspecified atom stereocenters. The summed E-state index contributed by atoms with van der Waals surface area (Å²) in [6.45, 7) is 8.36. The lowest BCUT2D eigenvalue weighted by Crippen LogP contribution is -2.18. The second-order valence-corrected chi connectivity index (χ2v) is 9.89. The molecule has 1 aromatic rings. The first-order valence-electron chi connectivity index (χ1n) is 13.9. The number of ether oxygens (including phenoxy) is 5. The highest BCUT2D eigenvalue weighted by atomic mass is 16.7. The van der Waals surface area contributed by atoms with Gasteiger partial charge in [0.25, 0.3) is 0 Å². The van der Waals surface area contributed by atoms with Crippen LogP contribution in [0.25, 0.3) is 0 Å². The largest absolute Gasteiger partial charge is 0.378 e. The molecule has 0 aliphatic carbocycles. The Bertz CT molecular complexity index is 639. The van der Waals surface area contributed by atoms with Gasteiger partial charge in [-0.2, -0.15) is 0 Å². The van der Waals surface area contributed by atoms with E-state index < -0.39 is 0 Å². The molecule has 0 bridgehead atoms. The van der Waals surface area contributed by atoms with Crippen molar-refractivity contribution in [1.29, 1.82) is 0 Å². The average molecular weight is 477 g/mol. The first-order valence-corrected chi connectivity index (χ1v) is 13.9. The van der Waals surface area contributed by atoms with Crippen molar-refractivity contribution >= 4 is 0 Å².